The Morgan fingerprint density at radius 3 is 2.45 bits per heavy atom. The van der Waals surface area contributed by atoms with Crippen molar-refractivity contribution in [3.63, 3.8) is 0 Å². The predicted molar refractivity (Wildman–Crippen MR) is 70.5 cm³/mol. The molecule has 6 heteroatoms. The first-order valence-corrected chi connectivity index (χ1v) is 6.09. The number of halogens is 1. The van der Waals surface area contributed by atoms with Crippen LogP contribution < -0.4 is 4.74 Å². The van der Waals surface area contributed by atoms with Crippen LogP contribution in [0.25, 0.3) is 0 Å². The van der Waals surface area contributed by atoms with E-state index in [0.717, 1.165) is 11.1 Å². The van der Waals surface area contributed by atoms with Gasteiger partial charge >= 0.3 is 0 Å². The smallest absolute Gasteiger partial charge is 0.213 e. The maximum atomic E-state index is 12.7. The summed E-state index contributed by atoms with van der Waals surface area (Å²) in [6.07, 6.45) is 1.99. The summed E-state index contributed by atoms with van der Waals surface area (Å²) in [5, 5.41) is 18.8. The van der Waals surface area contributed by atoms with E-state index in [1.807, 2.05) is 0 Å². The Labute approximate surface area is 115 Å². The van der Waals surface area contributed by atoms with Crippen LogP contribution in [0, 0.1) is 11.0 Å². The molecule has 0 unspecified atom stereocenters. The molecule has 1 N–H and O–H groups in total. The lowest BCUT2D eigenvalue weighted by Gasteiger charge is -2.18. The Bertz CT molecular complexity index is 529. The van der Waals surface area contributed by atoms with Crippen molar-refractivity contribution in [2.75, 3.05) is 6.54 Å². The van der Waals surface area contributed by atoms with Gasteiger partial charge in [-0.3, -0.25) is 5.23 Å². The van der Waals surface area contributed by atoms with E-state index in [1.54, 1.807) is 30.5 Å². The van der Waals surface area contributed by atoms with Gasteiger partial charge in [-0.25, -0.2) is 9.37 Å². The molecule has 0 saturated heterocycles. The Balaban J connectivity index is 1.85. The van der Waals surface area contributed by atoms with E-state index in [1.165, 1.54) is 12.1 Å². The number of pyridine rings is 1. The number of nitrogens with zero attached hydrogens (tertiary/aromatic N) is 2. The van der Waals surface area contributed by atoms with Gasteiger partial charge in [0, 0.05) is 18.8 Å². The SMILES string of the molecule is [O-]N(O)CCc1ccc(OCc2ccc(F)cc2)nc1. The van der Waals surface area contributed by atoms with Crippen molar-refractivity contribution in [2.45, 2.75) is 13.0 Å². The summed E-state index contributed by atoms with van der Waals surface area (Å²) in [5.74, 6) is 0.161. The van der Waals surface area contributed by atoms with Crippen molar-refractivity contribution in [3.05, 3.63) is 64.7 Å². The van der Waals surface area contributed by atoms with E-state index in [0.29, 0.717) is 18.9 Å². The van der Waals surface area contributed by atoms with Gasteiger partial charge < -0.3 is 15.2 Å². The van der Waals surface area contributed by atoms with Gasteiger partial charge in [0.1, 0.15) is 12.4 Å². The number of benzene rings is 1. The van der Waals surface area contributed by atoms with Gasteiger partial charge in [-0.2, -0.15) is 0 Å². The van der Waals surface area contributed by atoms with E-state index in [9.17, 15) is 9.60 Å². The molecule has 1 aromatic carbocycles. The summed E-state index contributed by atoms with van der Waals surface area (Å²) in [6.45, 7) is 0.301. The lowest BCUT2D eigenvalue weighted by Crippen LogP contribution is -2.13. The summed E-state index contributed by atoms with van der Waals surface area (Å²) >= 11 is 0. The molecule has 20 heavy (non-hydrogen) atoms. The van der Waals surface area contributed by atoms with Crippen molar-refractivity contribution in [1.82, 2.24) is 10.2 Å². The number of rotatable bonds is 6. The van der Waals surface area contributed by atoms with E-state index in [2.05, 4.69) is 4.98 Å². The summed E-state index contributed by atoms with van der Waals surface area (Å²) in [5.41, 5.74) is 1.67. The highest BCUT2D eigenvalue weighted by molar-refractivity contribution is 5.20. The van der Waals surface area contributed by atoms with E-state index in [4.69, 9.17) is 9.94 Å². The van der Waals surface area contributed by atoms with Gasteiger partial charge in [0.2, 0.25) is 5.88 Å². The van der Waals surface area contributed by atoms with Crippen LogP contribution in [-0.4, -0.2) is 22.0 Å². The fourth-order valence-corrected chi connectivity index (χ4v) is 1.61. The molecule has 1 heterocycles. The normalized spacial score (nSPS) is 10.8. The summed E-state index contributed by atoms with van der Waals surface area (Å²) in [4.78, 5) is 4.09. The average Bonchev–Trinajstić information content (AvgIpc) is 2.45. The maximum absolute atomic E-state index is 12.7. The van der Waals surface area contributed by atoms with Gasteiger partial charge in [0.25, 0.3) is 0 Å². The quantitative estimate of drug-likeness (QED) is 0.822. The zero-order chi connectivity index (χ0) is 14.4. The van der Waals surface area contributed by atoms with Crippen LogP contribution in [0.15, 0.2) is 42.6 Å². The third-order valence-corrected chi connectivity index (χ3v) is 2.69. The summed E-state index contributed by atoms with van der Waals surface area (Å²) in [6, 6.07) is 9.50. The topological polar surface area (TPSA) is 68.7 Å². The molecule has 0 saturated carbocycles. The molecule has 0 aliphatic heterocycles. The maximum Gasteiger partial charge on any atom is 0.213 e. The molecule has 0 fully saturated rings. The lowest BCUT2D eigenvalue weighted by atomic mass is 10.2. The third kappa shape index (κ3) is 4.58. The third-order valence-electron chi connectivity index (χ3n) is 2.69. The van der Waals surface area contributed by atoms with Crippen LogP contribution in [0.2, 0.25) is 0 Å². The molecule has 2 rings (SSSR count). The minimum atomic E-state index is -0.285. The van der Waals surface area contributed by atoms with Crippen molar-refractivity contribution < 1.29 is 14.3 Å². The van der Waals surface area contributed by atoms with Gasteiger partial charge in [-0.05, 0) is 29.7 Å². The van der Waals surface area contributed by atoms with Crippen LogP contribution >= 0.6 is 0 Å². The molecule has 5 nitrogen and oxygen atoms in total. The minimum Gasteiger partial charge on any atom is -0.762 e. The van der Waals surface area contributed by atoms with Crippen LogP contribution in [0.4, 0.5) is 4.39 Å². The summed E-state index contributed by atoms with van der Waals surface area (Å²) < 4.78 is 18.2. The largest absolute Gasteiger partial charge is 0.762 e. The Hall–Kier alpha value is -2.02. The molecule has 0 radical (unpaired) electrons. The average molecular weight is 277 g/mol. The number of aromatic nitrogens is 1. The molecular formula is C14H14FN2O3-. The van der Waals surface area contributed by atoms with Gasteiger partial charge in [-0.15, -0.1) is 0 Å². The first-order chi connectivity index (χ1) is 9.63. The second-order valence-corrected chi connectivity index (χ2v) is 4.25. The monoisotopic (exact) mass is 277 g/mol. The van der Waals surface area contributed by atoms with Gasteiger partial charge in [-0.1, -0.05) is 18.2 Å². The van der Waals surface area contributed by atoms with Crippen LogP contribution in [0.1, 0.15) is 11.1 Å². The van der Waals surface area contributed by atoms with Gasteiger partial charge in [0.15, 0.2) is 0 Å². The Morgan fingerprint density at radius 1 is 1.15 bits per heavy atom. The summed E-state index contributed by atoms with van der Waals surface area (Å²) in [7, 11) is 0. The first kappa shape index (κ1) is 14.4. The highest BCUT2D eigenvalue weighted by Crippen LogP contribution is 2.11. The number of ether oxygens (including phenoxy) is 1. The Morgan fingerprint density at radius 2 is 1.85 bits per heavy atom. The first-order valence-electron chi connectivity index (χ1n) is 6.09. The number of hydrogen-bond acceptors (Lipinski definition) is 5. The van der Waals surface area contributed by atoms with E-state index in [-0.39, 0.29) is 17.6 Å². The predicted octanol–water partition coefficient (Wildman–Crippen LogP) is 2.53. The fraction of sp³-hybridized carbons (Fsp3) is 0.214. The second kappa shape index (κ2) is 6.95. The molecule has 106 valence electrons. The minimum absolute atomic E-state index is 0.00252. The second-order valence-electron chi connectivity index (χ2n) is 4.25. The van der Waals surface area contributed by atoms with Crippen molar-refractivity contribution in [1.29, 1.82) is 0 Å². The molecular weight excluding hydrogens is 263 g/mol. The molecule has 0 spiro atoms. The Kier molecular flexibility index (Phi) is 5.00. The molecule has 0 amide bonds. The number of hydroxylamine groups is 2. The molecule has 0 atom stereocenters. The highest BCUT2D eigenvalue weighted by Gasteiger charge is 1.99. The molecule has 0 bridgehead atoms. The van der Waals surface area contributed by atoms with E-state index < -0.39 is 0 Å². The zero-order valence-corrected chi connectivity index (χ0v) is 10.7. The van der Waals surface area contributed by atoms with Gasteiger partial charge in [0.05, 0.1) is 0 Å². The molecule has 0 aliphatic carbocycles. The highest BCUT2D eigenvalue weighted by atomic mass is 19.1. The zero-order valence-electron chi connectivity index (χ0n) is 10.7. The van der Waals surface area contributed by atoms with Crippen molar-refractivity contribution >= 4 is 0 Å². The van der Waals surface area contributed by atoms with Crippen molar-refractivity contribution in [2.24, 2.45) is 0 Å². The van der Waals surface area contributed by atoms with Crippen LogP contribution in [0.3, 0.4) is 0 Å². The number of hydrogen-bond donors (Lipinski definition) is 1. The fourth-order valence-electron chi connectivity index (χ4n) is 1.61. The molecule has 0 aliphatic rings. The molecule has 2 aromatic rings. The van der Waals surface area contributed by atoms with Crippen LogP contribution in [0.5, 0.6) is 5.88 Å². The lowest BCUT2D eigenvalue weighted by molar-refractivity contribution is -0.0391. The van der Waals surface area contributed by atoms with Crippen molar-refractivity contribution in [3.8, 4) is 5.88 Å². The molecule has 1 aromatic heterocycles. The standard InChI is InChI=1S/C14H14FN2O3/c15-13-4-1-12(2-5-13)10-20-14-6-3-11(9-16-14)7-8-17(18)19/h1-6,9,18H,7-8,10H2/q-1. The van der Waals surface area contributed by atoms with E-state index >= 15 is 0 Å². The van der Waals surface area contributed by atoms with Crippen LogP contribution in [-0.2, 0) is 13.0 Å².